The van der Waals surface area contributed by atoms with Gasteiger partial charge in [-0.2, -0.15) is 0 Å². The summed E-state index contributed by atoms with van der Waals surface area (Å²) < 4.78 is 0. The van der Waals surface area contributed by atoms with Crippen LogP contribution in [0.1, 0.15) is 33.6 Å². The van der Waals surface area contributed by atoms with Gasteiger partial charge in [0.15, 0.2) is 0 Å². The topological polar surface area (TPSA) is 49.3 Å². The van der Waals surface area contributed by atoms with Crippen molar-refractivity contribution in [1.82, 2.24) is 5.32 Å². The van der Waals surface area contributed by atoms with E-state index >= 15 is 0 Å². The van der Waals surface area contributed by atoms with Crippen molar-refractivity contribution in [2.45, 2.75) is 44.8 Å². The summed E-state index contributed by atoms with van der Waals surface area (Å²) in [6, 6.07) is 0. The molecule has 2 rings (SSSR count). The first-order valence-corrected chi connectivity index (χ1v) is 5.67. The molecule has 1 spiro atoms. The van der Waals surface area contributed by atoms with Crippen molar-refractivity contribution in [3.63, 3.8) is 0 Å². The highest BCUT2D eigenvalue weighted by Crippen LogP contribution is 2.44. The highest BCUT2D eigenvalue weighted by molar-refractivity contribution is 5.86. The first-order valence-electron chi connectivity index (χ1n) is 5.67. The first kappa shape index (κ1) is 10.7. The minimum Gasteiger partial charge on any atom is -0.386 e. The van der Waals surface area contributed by atoms with Gasteiger partial charge in [0, 0.05) is 0 Å². The van der Waals surface area contributed by atoms with Crippen molar-refractivity contribution in [1.29, 1.82) is 0 Å². The molecular formula is C12H19NO2. The van der Waals surface area contributed by atoms with Crippen LogP contribution in [0.5, 0.6) is 0 Å². The lowest BCUT2D eigenvalue weighted by Crippen LogP contribution is -2.67. The highest BCUT2D eigenvalue weighted by atomic mass is 16.3. The molecule has 0 aromatic heterocycles. The van der Waals surface area contributed by atoms with E-state index in [9.17, 15) is 9.90 Å². The zero-order valence-electron chi connectivity index (χ0n) is 9.58. The zero-order chi connectivity index (χ0) is 11.3. The molecule has 1 saturated heterocycles. The second kappa shape index (κ2) is 3.08. The van der Waals surface area contributed by atoms with Gasteiger partial charge in [0.2, 0.25) is 5.91 Å². The largest absolute Gasteiger partial charge is 0.386 e. The third-order valence-electron chi connectivity index (χ3n) is 4.41. The van der Waals surface area contributed by atoms with Gasteiger partial charge in [-0.05, 0) is 18.3 Å². The van der Waals surface area contributed by atoms with E-state index in [0.717, 1.165) is 6.42 Å². The minimum absolute atomic E-state index is 0.112. The van der Waals surface area contributed by atoms with Crippen molar-refractivity contribution < 1.29 is 9.90 Å². The molecule has 0 aromatic rings. The van der Waals surface area contributed by atoms with Gasteiger partial charge < -0.3 is 10.4 Å². The SMILES string of the molecule is CCC1(O)C=CC2(CC(=O)N2)C(C)C1C. The Balaban J connectivity index is 2.28. The number of carbonyl (C=O) groups is 1. The Labute approximate surface area is 90.6 Å². The molecule has 1 aliphatic carbocycles. The fourth-order valence-corrected chi connectivity index (χ4v) is 2.80. The summed E-state index contributed by atoms with van der Waals surface area (Å²) in [5.74, 6) is 0.568. The van der Waals surface area contributed by atoms with E-state index in [1.165, 1.54) is 0 Å². The van der Waals surface area contributed by atoms with Gasteiger partial charge in [0.1, 0.15) is 0 Å². The van der Waals surface area contributed by atoms with Crippen LogP contribution in [0.3, 0.4) is 0 Å². The lowest BCUT2D eigenvalue weighted by Gasteiger charge is -2.53. The third-order valence-corrected chi connectivity index (χ3v) is 4.41. The summed E-state index contributed by atoms with van der Waals surface area (Å²) in [6.07, 6.45) is 5.15. The van der Waals surface area contributed by atoms with Crippen LogP contribution in [-0.4, -0.2) is 22.2 Å². The van der Waals surface area contributed by atoms with E-state index in [2.05, 4.69) is 19.2 Å². The highest BCUT2D eigenvalue weighted by Gasteiger charge is 2.53. The monoisotopic (exact) mass is 209 g/mol. The number of β-lactam (4-membered cyclic amide) rings is 1. The molecule has 15 heavy (non-hydrogen) atoms. The van der Waals surface area contributed by atoms with Crippen LogP contribution < -0.4 is 5.32 Å². The van der Waals surface area contributed by atoms with Crippen LogP contribution in [-0.2, 0) is 4.79 Å². The van der Waals surface area contributed by atoms with Crippen LogP contribution in [0.15, 0.2) is 12.2 Å². The number of aliphatic hydroxyl groups is 1. The molecule has 0 aromatic carbocycles. The average molecular weight is 209 g/mol. The van der Waals surface area contributed by atoms with E-state index in [-0.39, 0.29) is 23.3 Å². The van der Waals surface area contributed by atoms with Gasteiger partial charge in [-0.25, -0.2) is 0 Å². The quantitative estimate of drug-likeness (QED) is 0.504. The van der Waals surface area contributed by atoms with Crippen molar-refractivity contribution >= 4 is 5.91 Å². The molecule has 1 amide bonds. The summed E-state index contributed by atoms with van der Waals surface area (Å²) in [5, 5.41) is 13.3. The molecule has 2 aliphatic rings. The molecule has 1 heterocycles. The van der Waals surface area contributed by atoms with Crippen LogP contribution in [0, 0.1) is 11.8 Å². The van der Waals surface area contributed by atoms with E-state index in [0.29, 0.717) is 6.42 Å². The van der Waals surface area contributed by atoms with E-state index in [1.807, 2.05) is 19.1 Å². The standard InChI is InChI=1S/C12H19NO2/c1-4-12(15)6-5-11(7-10(14)13-11)8(2)9(12)3/h5-6,8-9,15H,4,7H2,1-3H3,(H,13,14). The number of hydrogen-bond donors (Lipinski definition) is 2. The minimum atomic E-state index is -0.703. The Hall–Kier alpha value is -0.830. The molecule has 0 saturated carbocycles. The molecule has 3 heteroatoms. The van der Waals surface area contributed by atoms with Crippen molar-refractivity contribution in [2.24, 2.45) is 11.8 Å². The molecule has 4 unspecified atom stereocenters. The maximum Gasteiger partial charge on any atom is 0.223 e. The zero-order valence-corrected chi connectivity index (χ0v) is 9.58. The number of amides is 1. The summed E-state index contributed by atoms with van der Waals surface area (Å²) in [6.45, 7) is 6.16. The molecule has 1 aliphatic heterocycles. The molecule has 0 radical (unpaired) electrons. The smallest absolute Gasteiger partial charge is 0.223 e. The van der Waals surface area contributed by atoms with Crippen LogP contribution in [0.2, 0.25) is 0 Å². The predicted octanol–water partition coefficient (Wildman–Crippen LogP) is 1.23. The van der Waals surface area contributed by atoms with Gasteiger partial charge >= 0.3 is 0 Å². The Kier molecular flexibility index (Phi) is 2.19. The Morgan fingerprint density at radius 3 is 2.53 bits per heavy atom. The second-order valence-electron chi connectivity index (χ2n) is 5.02. The Bertz CT molecular complexity index is 316. The maximum atomic E-state index is 11.0. The average Bonchev–Trinajstić information content (AvgIpc) is 2.18. The maximum absolute atomic E-state index is 11.0. The molecule has 3 nitrogen and oxygen atoms in total. The summed E-state index contributed by atoms with van der Waals surface area (Å²) in [7, 11) is 0. The van der Waals surface area contributed by atoms with Crippen LogP contribution in [0.4, 0.5) is 0 Å². The second-order valence-corrected chi connectivity index (χ2v) is 5.02. The van der Waals surface area contributed by atoms with Crippen molar-refractivity contribution in [3.05, 3.63) is 12.2 Å². The van der Waals surface area contributed by atoms with Crippen molar-refractivity contribution in [2.75, 3.05) is 0 Å². The van der Waals surface area contributed by atoms with Gasteiger partial charge in [0.05, 0.1) is 17.6 Å². The molecule has 84 valence electrons. The third kappa shape index (κ3) is 1.33. The van der Waals surface area contributed by atoms with E-state index < -0.39 is 5.60 Å². The molecular weight excluding hydrogens is 190 g/mol. The number of carbonyl (C=O) groups excluding carboxylic acids is 1. The predicted molar refractivity (Wildman–Crippen MR) is 58.2 cm³/mol. The molecule has 2 N–H and O–H groups in total. The van der Waals surface area contributed by atoms with Gasteiger partial charge in [-0.3, -0.25) is 4.79 Å². The lowest BCUT2D eigenvalue weighted by atomic mass is 9.61. The normalized spacial score (nSPS) is 48.9. The van der Waals surface area contributed by atoms with E-state index in [4.69, 9.17) is 0 Å². The Morgan fingerprint density at radius 2 is 2.07 bits per heavy atom. The molecule has 1 fully saturated rings. The van der Waals surface area contributed by atoms with Crippen molar-refractivity contribution in [3.8, 4) is 0 Å². The van der Waals surface area contributed by atoms with Gasteiger partial charge in [-0.1, -0.05) is 32.9 Å². The Morgan fingerprint density at radius 1 is 1.47 bits per heavy atom. The molecule has 0 bridgehead atoms. The molecule has 4 atom stereocenters. The lowest BCUT2D eigenvalue weighted by molar-refractivity contribution is -0.136. The van der Waals surface area contributed by atoms with E-state index in [1.54, 1.807) is 0 Å². The fraction of sp³-hybridized carbons (Fsp3) is 0.750. The first-order chi connectivity index (χ1) is 6.93. The van der Waals surface area contributed by atoms with Crippen LogP contribution >= 0.6 is 0 Å². The number of hydrogen-bond acceptors (Lipinski definition) is 2. The van der Waals surface area contributed by atoms with Gasteiger partial charge in [0.25, 0.3) is 0 Å². The van der Waals surface area contributed by atoms with Gasteiger partial charge in [-0.15, -0.1) is 0 Å². The number of nitrogens with one attached hydrogen (secondary N) is 1. The summed E-state index contributed by atoms with van der Waals surface area (Å²) in [5.41, 5.74) is -0.886. The summed E-state index contributed by atoms with van der Waals surface area (Å²) >= 11 is 0. The fourth-order valence-electron chi connectivity index (χ4n) is 2.80. The number of rotatable bonds is 1. The van der Waals surface area contributed by atoms with Crippen LogP contribution in [0.25, 0.3) is 0 Å². The summed E-state index contributed by atoms with van der Waals surface area (Å²) in [4.78, 5) is 11.0.